The van der Waals surface area contributed by atoms with E-state index in [1.54, 1.807) is 42.5 Å². The molecule has 0 aromatic heterocycles. The minimum absolute atomic E-state index is 0.202. The second-order valence-corrected chi connectivity index (χ2v) is 5.35. The molecule has 0 aliphatic carbocycles. The number of hydrogen-bond donors (Lipinski definition) is 3. The van der Waals surface area contributed by atoms with Gasteiger partial charge in [-0.05, 0) is 18.2 Å². The quantitative estimate of drug-likeness (QED) is 0.692. The van der Waals surface area contributed by atoms with Crippen molar-refractivity contribution in [2.24, 2.45) is 5.73 Å². The Morgan fingerprint density at radius 2 is 1.71 bits per heavy atom. The summed E-state index contributed by atoms with van der Waals surface area (Å²) in [4.78, 5) is 35.6. The van der Waals surface area contributed by atoms with Crippen LogP contribution in [0.2, 0.25) is 5.02 Å². The van der Waals surface area contributed by atoms with Gasteiger partial charge in [0.25, 0.3) is 0 Å². The van der Waals surface area contributed by atoms with Crippen LogP contribution in [-0.2, 0) is 9.59 Å². The average Bonchev–Trinajstić information content (AvgIpc) is 2.61. The summed E-state index contributed by atoms with van der Waals surface area (Å²) in [5.41, 5.74) is 6.22. The summed E-state index contributed by atoms with van der Waals surface area (Å²) >= 11 is 5.97. The first-order chi connectivity index (χ1) is 11.5. The van der Waals surface area contributed by atoms with Gasteiger partial charge in [0.05, 0.1) is 18.8 Å². The van der Waals surface area contributed by atoms with E-state index in [1.165, 1.54) is 6.07 Å². The number of ketones is 1. The van der Waals surface area contributed by atoms with Crippen molar-refractivity contribution in [1.29, 1.82) is 0 Å². The third kappa shape index (κ3) is 4.65. The molecule has 0 spiro atoms. The largest absolute Gasteiger partial charge is 0.346 e. The SMILES string of the molecule is NCC(=O)NCC(=O)Nc1ccc(Cl)cc1C(=O)c1ccccc1. The molecule has 2 rings (SSSR count). The second-order valence-electron chi connectivity index (χ2n) is 4.91. The summed E-state index contributed by atoms with van der Waals surface area (Å²) in [7, 11) is 0. The van der Waals surface area contributed by atoms with Crippen LogP contribution in [0.1, 0.15) is 15.9 Å². The molecule has 0 radical (unpaired) electrons. The number of carbonyl (C=O) groups is 3. The van der Waals surface area contributed by atoms with E-state index in [1.807, 2.05) is 0 Å². The van der Waals surface area contributed by atoms with Crippen LogP contribution in [0.4, 0.5) is 5.69 Å². The van der Waals surface area contributed by atoms with Gasteiger partial charge in [0, 0.05) is 16.1 Å². The topological polar surface area (TPSA) is 101 Å². The monoisotopic (exact) mass is 345 g/mol. The third-order valence-corrected chi connectivity index (χ3v) is 3.40. The van der Waals surface area contributed by atoms with Crippen LogP contribution in [0.3, 0.4) is 0 Å². The Morgan fingerprint density at radius 3 is 2.38 bits per heavy atom. The Bertz CT molecular complexity index is 763. The van der Waals surface area contributed by atoms with Gasteiger partial charge in [0.2, 0.25) is 11.8 Å². The molecule has 4 N–H and O–H groups in total. The number of hydrogen-bond acceptors (Lipinski definition) is 4. The fraction of sp³-hybridized carbons (Fsp3) is 0.118. The highest BCUT2D eigenvalue weighted by Gasteiger charge is 2.16. The zero-order valence-corrected chi connectivity index (χ0v) is 13.5. The van der Waals surface area contributed by atoms with Crippen molar-refractivity contribution in [1.82, 2.24) is 5.32 Å². The Kier molecular flexibility index (Phi) is 6.06. The van der Waals surface area contributed by atoms with E-state index >= 15 is 0 Å². The fourth-order valence-corrected chi connectivity index (χ4v) is 2.18. The highest BCUT2D eigenvalue weighted by Crippen LogP contribution is 2.23. The number of nitrogens with two attached hydrogens (primary N) is 1. The minimum Gasteiger partial charge on any atom is -0.346 e. The van der Waals surface area contributed by atoms with Crippen molar-refractivity contribution in [2.45, 2.75) is 0 Å². The molecule has 0 unspecified atom stereocenters. The van der Waals surface area contributed by atoms with Crippen molar-refractivity contribution in [3.63, 3.8) is 0 Å². The third-order valence-electron chi connectivity index (χ3n) is 3.17. The molecule has 0 aliphatic rings. The molecule has 6 nitrogen and oxygen atoms in total. The summed E-state index contributed by atoms with van der Waals surface area (Å²) in [6.07, 6.45) is 0. The first-order valence-corrected chi connectivity index (χ1v) is 7.55. The Hall–Kier alpha value is -2.70. The lowest BCUT2D eigenvalue weighted by Crippen LogP contribution is -2.36. The zero-order chi connectivity index (χ0) is 17.5. The van der Waals surface area contributed by atoms with E-state index in [9.17, 15) is 14.4 Å². The molecule has 24 heavy (non-hydrogen) atoms. The second kappa shape index (κ2) is 8.24. The first kappa shape index (κ1) is 17.7. The highest BCUT2D eigenvalue weighted by molar-refractivity contribution is 6.31. The van der Waals surface area contributed by atoms with E-state index in [0.29, 0.717) is 16.3 Å². The maximum Gasteiger partial charge on any atom is 0.243 e. The molecule has 124 valence electrons. The lowest BCUT2D eigenvalue weighted by molar-refractivity contribution is -0.123. The van der Waals surface area contributed by atoms with Gasteiger partial charge < -0.3 is 16.4 Å². The molecule has 2 aromatic carbocycles. The molecule has 0 saturated carbocycles. The van der Waals surface area contributed by atoms with Gasteiger partial charge >= 0.3 is 0 Å². The lowest BCUT2D eigenvalue weighted by Gasteiger charge is -2.11. The van der Waals surface area contributed by atoms with Crippen molar-refractivity contribution < 1.29 is 14.4 Å². The van der Waals surface area contributed by atoms with Gasteiger partial charge in [-0.2, -0.15) is 0 Å². The Morgan fingerprint density at radius 1 is 1.00 bits per heavy atom. The summed E-state index contributed by atoms with van der Waals surface area (Å²) < 4.78 is 0. The van der Waals surface area contributed by atoms with E-state index in [2.05, 4.69) is 10.6 Å². The summed E-state index contributed by atoms with van der Waals surface area (Å²) in [6.45, 7) is -0.441. The van der Waals surface area contributed by atoms with Gasteiger partial charge in [-0.25, -0.2) is 0 Å². The van der Waals surface area contributed by atoms with Gasteiger partial charge in [-0.1, -0.05) is 41.9 Å². The standard InChI is InChI=1S/C17H16ClN3O3/c18-12-6-7-14(21-16(23)10-20-15(22)9-19)13(8-12)17(24)11-4-2-1-3-5-11/h1-8H,9-10,19H2,(H,20,22)(H,21,23). The first-order valence-electron chi connectivity index (χ1n) is 7.17. The van der Waals surface area contributed by atoms with E-state index in [4.69, 9.17) is 17.3 Å². The molecule has 2 aromatic rings. The van der Waals surface area contributed by atoms with E-state index in [0.717, 1.165) is 0 Å². The molecule has 7 heteroatoms. The van der Waals surface area contributed by atoms with Crippen molar-refractivity contribution in [3.05, 3.63) is 64.7 Å². The molecule has 2 amide bonds. The van der Waals surface area contributed by atoms with Crippen LogP contribution < -0.4 is 16.4 Å². The molecular weight excluding hydrogens is 330 g/mol. The number of anilines is 1. The van der Waals surface area contributed by atoms with Gasteiger partial charge in [0.15, 0.2) is 5.78 Å². The number of nitrogens with one attached hydrogen (secondary N) is 2. The molecule has 0 bridgehead atoms. The predicted molar refractivity (Wildman–Crippen MR) is 92.0 cm³/mol. The zero-order valence-electron chi connectivity index (χ0n) is 12.7. The number of halogens is 1. The van der Waals surface area contributed by atoms with E-state index < -0.39 is 11.8 Å². The van der Waals surface area contributed by atoms with Crippen LogP contribution in [0.5, 0.6) is 0 Å². The van der Waals surface area contributed by atoms with Crippen molar-refractivity contribution >= 4 is 34.9 Å². The summed E-state index contributed by atoms with van der Waals surface area (Å²) in [6, 6.07) is 13.3. The summed E-state index contributed by atoms with van der Waals surface area (Å²) in [5, 5.41) is 5.33. The Balaban J connectivity index is 2.20. The molecule has 0 saturated heterocycles. The molecule has 0 heterocycles. The minimum atomic E-state index is -0.471. The average molecular weight is 346 g/mol. The van der Waals surface area contributed by atoms with Crippen LogP contribution in [0, 0.1) is 0 Å². The van der Waals surface area contributed by atoms with Crippen LogP contribution in [0.25, 0.3) is 0 Å². The molecule has 0 aliphatic heterocycles. The molecule has 0 fully saturated rings. The van der Waals surface area contributed by atoms with Crippen LogP contribution in [0.15, 0.2) is 48.5 Å². The number of rotatable bonds is 6. The normalized spacial score (nSPS) is 10.1. The molecule has 0 atom stereocenters. The Labute approximate surface area is 144 Å². The molecular formula is C17H16ClN3O3. The highest BCUT2D eigenvalue weighted by atomic mass is 35.5. The smallest absolute Gasteiger partial charge is 0.243 e. The van der Waals surface area contributed by atoms with Gasteiger partial charge in [0.1, 0.15) is 0 Å². The lowest BCUT2D eigenvalue weighted by atomic mass is 10.0. The van der Waals surface area contributed by atoms with Crippen molar-refractivity contribution in [3.8, 4) is 0 Å². The van der Waals surface area contributed by atoms with Gasteiger partial charge in [-0.15, -0.1) is 0 Å². The predicted octanol–water partition coefficient (Wildman–Crippen LogP) is 1.58. The van der Waals surface area contributed by atoms with E-state index in [-0.39, 0.29) is 24.4 Å². The maximum absolute atomic E-state index is 12.6. The van der Waals surface area contributed by atoms with Crippen LogP contribution in [-0.4, -0.2) is 30.7 Å². The summed E-state index contributed by atoms with van der Waals surface area (Å²) in [5.74, 6) is -1.18. The number of carbonyl (C=O) groups excluding carboxylic acids is 3. The number of amides is 2. The fourth-order valence-electron chi connectivity index (χ4n) is 2.00. The van der Waals surface area contributed by atoms with Crippen LogP contribution >= 0.6 is 11.6 Å². The maximum atomic E-state index is 12.6. The number of benzene rings is 2. The van der Waals surface area contributed by atoms with Gasteiger partial charge in [-0.3, -0.25) is 14.4 Å². The van der Waals surface area contributed by atoms with Crippen molar-refractivity contribution in [2.75, 3.05) is 18.4 Å².